The first-order chi connectivity index (χ1) is 14.1. The van der Waals surface area contributed by atoms with E-state index in [1.165, 1.54) is 31.3 Å². The second-order valence-corrected chi connectivity index (χ2v) is 9.75. The minimum atomic E-state index is -3.92. The summed E-state index contributed by atoms with van der Waals surface area (Å²) in [5.41, 5.74) is 0. The molecular formula is C19H26ClN3O6S. The van der Waals surface area contributed by atoms with Crippen LogP contribution in [0.1, 0.15) is 32.6 Å². The van der Waals surface area contributed by atoms with Gasteiger partial charge in [-0.3, -0.25) is 14.9 Å². The number of carbonyl (C=O) groups is 3. The maximum absolute atomic E-state index is 12.4. The number of urea groups is 1. The lowest BCUT2D eigenvalue weighted by atomic mass is 9.86. The van der Waals surface area contributed by atoms with Gasteiger partial charge in [0, 0.05) is 18.1 Å². The summed E-state index contributed by atoms with van der Waals surface area (Å²) in [5, 5.41) is 5.24. The zero-order chi connectivity index (χ0) is 22.3. The molecule has 166 valence electrons. The fourth-order valence-electron chi connectivity index (χ4n) is 3.14. The SMILES string of the molecule is C[C@@H]1CCCC[C@H]1NC(=O)NC(=O)COC(=O)CN(C)S(=O)(=O)c1ccc(Cl)cc1. The van der Waals surface area contributed by atoms with E-state index in [0.717, 1.165) is 30.0 Å². The summed E-state index contributed by atoms with van der Waals surface area (Å²) in [6.45, 7) is 0.758. The van der Waals surface area contributed by atoms with Crippen LogP contribution in [0.2, 0.25) is 5.02 Å². The Morgan fingerprint density at radius 1 is 1.17 bits per heavy atom. The molecule has 1 fully saturated rings. The van der Waals surface area contributed by atoms with Crippen molar-refractivity contribution in [3.05, 3.63) is 29.3 Å². The van der Waals surface area contributed by atoms with E-state index in [-0.39, 0.29) is 10.9 Å². The van der Waals surface area contributed by atoms with Crippen molar-refractivity contribution < 1.29 is 27.5 Å². The zero-order valence-electron chi connectivity index (χ0n) is 16.9. The molecule has 1 aliphatic rings. The Bertz CT molecular complexity index is 875. The van der Waals surface area contributed by atoms with Crippen LogP contribution in [0, 0.1) is 5.92 Å². The molecule has 0 spiro atoms. The molecule has 0 radical (unpaired) electrons. The van der Waals surface area contributed by atoms with Gasteiger partial charge >= 0.3 is 12.0 Å². The summed E-state index contributed by atoms with van der Waals surface area (Å²) in [5.74, 6) is -1.39. The highest BCUT2D eigenvalue weighted by molar-refractivity contribution is 7.89. The van der Waals surface area contributed by atoms with Crippen LogP contribution < -0.4 is 10.6 Å². The first-order valence-corrected chi connectivity index (χ1v) is 11.4. The quantitative estimate of drug-likeness (QED) is 0.600. The molecule has 1 aromatic rings. The molecular weight excluding hydrogens is 434 g/mol. The van der Waals surface area contributed by atoms with E-state index in [0.29, 0.717) is 10.9 Å². The first kappa shape index (κ1) is 24.1. The number of likely N-dealkylation sites (N-methyl/N-ethyl adjacent to an activating group) is 1. The second kappa shape index (κ2) is 10.7. The van der Waals surface area contributed by atoms with Crippen molar-refractivity contribution in [3.8, 4) is 0 Å². The molecule has 2 atom stereocenters. The minimum absolute atomic E-state index is 0.000763. The van der Waals surface area contributed by atoms with Gasteiger partial charge in [-0.1, -0.05) is 31.4 Å². The van der Waals surface area contributed by atoms with E-state index in [2.05, 4.69) is 10.6 Å². The van der Waals surface area contributed by atoms with Crippen LogP contribution in [0.4, 0.5) is 4.79 Å². The number of amides is 3. The second-order valence-electron chi connectivity index (χ2n) is 7.27. The van der Waals surface area contributed by atoms with Crippen LogP contribution in [0.5, 0.6) is 0 Å². The smallest absolute Gasteiger partial charge is 0.321 e. The predicted molar refractivity (Wildman–Crippen MR) is 110 cm³/mol. The Labute approximate surface area is 181 Å². The molecule has 1 saturated carbocycles. The van der Waals surface area contributed by atoms with Gasteiger partial charge in [0.15, 0.2) is 6.61 Å². The van der Waals surface area contributed by atoms with Crippen molar-refractivity contribution in [2.75, 3.05) is 20.2 Å². The van der Waals surface area contributed by atoms with Crippen LogP contribution in [-0.2, 0) is 24.3 Å². The molecule has 1 aromatic carbocycles. The number of halogens is 1. The number of imide groups is 1. The molecule has 0 aromatic heterocycles. The molecule has 1 aliphatic carbocycles. The number of nitrogens with one attached hydrogen (secondary N) is 2. The van der Waals surface area contributed by atoms with Crippen molar-refractivity contribution in [1.82, 2.24) is 14.9 Å². The van der Waals surface area contributed by atoms with Crippen LogP contribution in [0.15, 0.2) is 29.2 Å². The lowest BCUT2D eigenvalue weighted by Crippen LogP contribution is -2.48. The normalized spacial score (nSPS) is 19.2. The lowest BCUT2D eigenvalue weighted by Gasteiger charge is -2.29. The van der Waals surface area contributed by atoms with Gasteiger partial charge in [-0.15, -0.1) is 0 Å². The molecule has 2 rings (SSSR count). The van der Waals surface area contributed by atoms with E-state index in [1.54, 1.807) is 0 Å². The van der Waals surface area contributed by atoms with E-state index >= 15 is 0 Å². The van der Waals surface area contributed by atoms with Gasteiger partial charge in [0.2, 0.25) is 10.0 Å². The summed E-state index contributed by atoms with van der Waals surface area (Å²) in [4.78, 5) is 35.6. The largest absolute Gasteiger partial charge is 0.455 e. The van der Waals surface area contributed by atoms with Gasteiger partial charge in [0.1, 0.15) is 6.54 Å². The fraction of sp³-hybridized carbons (Fsp3) is 0.526. The molecule has 3 amide bonds. The van der Waals surface area contributed by atoms with E-state index in [9.17, 15) is 22.8 Å². The number of carbonyl (C=O) groups excluding carboxylic acids is 3. The van der Waals surface area contributed by atoms with Gasteiger partial charge in [0.05, 0.1) is 4.90 Å². The average molecular weight is 460 g/mol. The molecule has 11 heteroatoms. The van der Waals surface area contributed by atoms with Crippen LogP contribution in [0.3, 0.4) is 0 Å². The monoisotopic (exact) mass is 459 g/mol. The third-order valence-electron chi connectivity index (χ3n) is 4.92. The van der Waals surface area contributed by atoms with E-state index in [4.69, 9.17) is 16.3 Å². The van der Waals surface area contributed by atoms with Gasteiger partial charge < -0.3 is 10.1 Å². The fourth-order valence-corrected chi connectivity index (χ4v) is 4.38. The molecule has 0 bridgehead atoms. The number of sulfonamides is 1. The average Bonchev–Trinajstić information content (AvgIpc) is 2.68. The van der Waals surface area contributed by atoms with Crippen molar-refractivity contribution in [2.45, 2.75) is 43.5 Å². The van der Waals surface area contributed by atoms with Crippen molar-refractivity contribution in [3.63, 3.8) is 0 Å². The van der Waals surface area contributed by atoms with Gasteiger partial charge in [0.25, 0.3) is 5.91 Å². The molecule has 0 saturated heterocycles. The maximum Gasteiger partial charge on any atom is 0.321 e. The summed E-state index contributed by atoms with van der Waals surface area (Å²) in [6, 6.07) is 4.84. The standard InChI is InChI=1S/C19H26ClN3O6S/c1-13-5-3-4-6-16(13)21-19(26)22-17(24)12-29-18(25)11-23(2)30(27,28)15-9-7-14(20)8-10-15/h7-10,13,16H,3-6,11-12H2,1-2H3,(H2,21,22,24,26)/t13-,16-/m1/s1. The Balaban J connectivity index is 1.77. The minimum Gasteiger partial charge on any atom is -0.455 e. The number of nitrogens with zero attached hydrogens (tertiary/aromatic N) is 1. The zero-order valence-corrected chi connectivity index (χ0v) is 18.5. The molecule has 0 heterocycles. The molecule has 2 N–H and O–H groups in total. The van der Waals surface area contributed by atoms with Crippen LogP contribution in [-0.4, -0.2) is 56.9 Å². The summed E-state index contributed by atoms with van der Waals surface area (Å²) in [7, 11) is -2.71. The summed E-state index contributed by atoms with van der Waals surface area (Å²) >= 11 is 5.75. The van der Waals surface area contributed by atoms with Gasteiger partial charge in [-0.2, -0.15) is 4.31 Å². The molecule has 0 unspecified atom stereocenters. The van der Waals surface area contributed by atoms with Crippen molar-refractivity contribution >= 4 is 39.5 Å². The molecule has 9 nitrogen and oxygen atoms in total. The Morgan fingerprint density at radius 3 is 2.43 bits per heavy atom. The maximum atomic E-state index is 12.4. The van der Waals surface area contributed by atoms with Gasteiger partial charge in [-0.25, -0.2) is 13.2 Å². The molecule has 30 heavy (non-hydrogen) atoms. The van der Waals surface area contributed by atoms with Gasteiger partial charge in [-0.05, 0) is 43.0 Å². The summed E-state index contributed by atoms with van der Waals surface area (Å²) < 4.78 is 30.4. The van der Waals surface area contributed by atoms with E-state index in [1.807, 2.05) is 6.92 Å². The van der Waals surface area contributed by atoms with Crippen LogP contribution >= 0.6 is 11.6 Å². The highest BCUT2D eigenvalue weighted by atomic mass is 35.5. The number of rotatable bonds is 7. The Morgan fingerprint density at radius 2 is 1.80 bits per heavy atom. The highest BCUT2D eigenvalue weighted by Gasteiger charge is 2.25. The Kier molecular flexibility index (Phi) is 8.63. The molecule has 0 aliphatic heterocycles. The van der Waals surface area contributed by atoms with Crippen molar-refractivity contribution in [2.24, 2.45) is 5.92 Å². The Hall–Kier alpha value is -2.17. The summed E-state index contributed by atoms with van der Waals surface area (Å²) in [6.07, 6.45) is 4.01. The van der Waals surface area contributed by atoms with E-state index < -0.39 is 41.1 Å². The topological polar surface area (TPSA) is 122 Å². The number of benzene rings is 1. The predicted octanol–water partition coefficient (Wildman–Crippen LogP) is 1.91. The van der Waals surface area contributed by atoms with Crippen molar-refractivity contribution in [1.29, 1.82) is 0 Å². The number of esters is 1. The lowest BCUT2D eigenvalue weighted by molar-refractivity contribution is -0.148. The third-order valence-corrected chi connectivity index (χ3v) is 6.99. The number of hydrogen-bond donors (Lipinski definition) is 2. The first-order valence-electron chi connectivity index (χ1n) is 9.57. The number of hydrogen-bond acceptors (Lipinski definition) is 6. The third kappa shape index (κ3) is 6.96. The van der Waals surface area contributed by atoms with Crippen LogP contribution in [0.25, 0.3) is 0 Å². The number of ether oxygens (including phenoxy) is 1. The highest BCUT2D eigenvalue weighted by Crippen LogP contribution is 2.23.